The van der Waals surface area contributed by atoms with Crippen LogP contribution in [0.5, 0.6) is 0 Å². The average Bonchev–Trinajstić information content (AvgIpc) is 3.01. The molecule has 4 rings (SSSR count). The highest BCUT2D eigenvalue weighted by molar-refractivity contribution is 8.01. The van der Waals surface area contributed by atoms with Crippen molar-refractivity contribution >= 4 is 23.1 Å². The quantitative estimate of drug-likeness (QED) is 0.774. The number of thiophene rings is 1. The Hall–Kier alpha value is 0.01000. The van der Waals surface area contributed by atoms with Crippen molar-refractivity contribution in [1.29, 1.82) is 0 Å². The second kappa shape index (κ2) is 4.75. The van der Waals surface area contributed by atoms with E-state index in [-0.39, 0.29) is 0 Å². The number of thioether (sulfide) groups is 1. The maximum atomic E-state index is 4.11. The van der Waals surface area contributed by atoms with Gasteiger partial charge >= 0.3 is 0 Å². The number of rotatable bonds is 2. The Bertz CT molecular complexity index is 549. The Balaban J connectivity index is 1.59. The standard InChI is InChI=1S/C18H27NS2/c1-11-9-14(13-6-8-20-16(13)21-11)19-15-10-12-5-7-18(15,4)17(12,2)3/h6,8,11-12,14-15,19H,5,7,9-10H2,1-4H3/t11-,12?,14?,15?,18?/m0/s1. The molecule has 3 heteroatoms. The summed E-state index contributed by atoms with van der Waals surface area (Å²) in [6.45, 7) is 9.96. The summed E-state index contributed by atoms with van der Waals surface area (Å²) < 4.78 is 1.55. The maximum Gasteiger partial charge on any atom is 0.0649 e. The normalized spacial score (nSPS) is 44.0. The molecule has 2 saturated carbocycles. The van der Waals surface area contributed by atoms with E-state index in [1.165, 1.54) is 25.7 Å². The molecule has 5 atom stereocenters. The molecule has 3 aliphatic rings. The minimum Gasteiger partial charge on any atom is -0.306 e. The van der Waals surface area contributed by atoms with Crippen LogP contribution in [-0.4, -0.2) is 11.3 Å². The molecule has 2 aliphatic carbocycles. The van der Waals surface area contributed by atoms with E-state index < -0.39 is 0 Å². The fourth-order valence-electron chi connectivity index (χ4n) is 5.21. The van der Waals surface area contributed by atoms with Crippen LogP contribution in [0, 0.1) is 16.7 Å². The zero-order chi connectivity index (χ0) is 14.8. The van der Waals surface area contributed by atoms with Gasteiger partial charge in [0, 0.05) is 17.3 Å². The van der Waals surface area contributed by atoms with E-state index in [1.54, 1.807) is 9.77 Å². The SMILES string of the molecule is C[C@H]1CC(NC2CC3CCC2(C)C3(C)C)c2ccsc2S1. The van der Waals surface area contributed by atoms with E-state index >= 15 is 0 Å². The Labute approximate surface area is 137 Å². The van der Waals surface area contributed by atoms with Gasteiger partial charge in [0.15, 0.2) is 0 Å². The predicted molar refractivity (Wildman–Crippen MR) is 93.1 cm³/mol. The molecule has 0 amide bonds. The van der Waals surface area contributed by atoms with Gasteiger partial charge in [-0.15, -0.1) is 23.1 Å². The summed E-state index contributed by atoms with van der Waals surface area (Å²) in [5.41, 5.74) is 2.58. The van der Waals surface area contributed by atoms with Crippen molar-refractivity contribution < 1.29 is 0 Å². The van der Waals surface area contributed by atoms with Gasteiger partial charge in [-0.05, 0) is 59.4 Å². The van der Waals surface area contributed by atoms with E-state index in [4.69, 9.17) is 0 Å². The molecular weight excluding hydrogens is 294 g/mol. The van der Waals surface area contributed by atoms with Crippen molar-refractivity contribution in [2.75, 3.05) is 0 Å². The lowest BCUT2D eigenvalue weighted by Crippen LogP contribution is -2.46. The topological polar surface area (TPSA) is 12.0 Å². The van der Waals surface area contributed by atoms with Crippen molar-refractivity contribution in [2.45, 2.75) is 74.9 Å². The first kappa shape index (κ1) is 14.6. The summed E-state index contributed by atoms with van der Waals surface area (Å²) in [6, 6.07) is 3.65. The van der Waals surface area contributed by atoms with Crippen LogP contribution in [-0.2, 0) is 0 Å². The first-order chi connectivity index (χ1) is 9.92. The molecule has 4 unspecified atom stereocenters. The molecule has 0 radical (unpaired) electrons. The summed E-state index contributed by atoms with van der Waals surface area (Å²) >= 11 is 4.00. The third-order valence-corrected chi connectivity index (χ3v) is 9.45. The first-order valence-corrected chi connectivity index (χ1v) is 10.2. The van der Waals surface area contributed by atoms with Gasteiger partial charge < -0.3 is 5.32 Å². The largest absolute Gasteiger partial charge is 0.306 e. The molecule has 1 nitrogen and oxygen atoms in total. The van der Waals surface area contributed by atoms with E-state index in [0.717, 1.165) is 11.2 Å². The van der Waals surface area contributed by atoms with Crippen LogP contribution in [0.25, 0.3) is 0 Å². The van der Waals surface area contributed by atoms with Crippen LogP contribution in [0.15, 0.2) is 15.7 Å². The summed E-state index contributed by atoms with van der Waals surface area (Å²) in [4.78, 5) is 0. The molecule has 1 N–H and O–H groups in total. The van der Waals surface area contributed by atoms with Crippen molar-refractivity contribution in [3.05, 3.63) is 17.0 Å². The molecule has 1 aliphatic heterocycles. The zero-order valence-corrected chi connectivity index (χ0v) is 15.2. The minimum absolute atomic E-state index is 0.488. The van der Waals surface area contributed by atoms with Crippen LogP contribution >= 0.6 is 23.1 Å². The van der Waals surface area contributed by atoms with Crippen LogP contribution in [0.2, 0.25) is 0 Å². The van der Waals surface area contributed by atoms with E-state index in [0.29, 0.717) is 22.9 Å². The van der Waals surface area contributed by atoms with Crippen LogP contribution in [0.3, 0.4) is 0 Å². The van der Waals surface area contributed by atoms with Gasteiger partial charge in [-0.1, -0.05) is 27.7 Å². The smallest absolute Gasteiger partial charge is 0.0649 e. The molecule has 1 aromatic rings. The fourth-order valence-corrected chi connectivity index (χ4v) is 7.77. The molecule has 0 saturated heterocycles. The monoisotopic (exact) mass is 321 g/mol. The van der Waals surface area contributed by atoms with Crippen molar-refractivity contribution in [2.24, 2.45) is 16.7 Å². The number of hydrogen-bond donors (Lipinski definition) is 1. The summed E-state index contributed by atoms with van der Waals surface area (Å²) in [7, 11) is 0. The van der Waals surface area contributed by atoms with Gasteiger partial charge in [-0.2, -0.15) is 0 Å². The van der Waals surface area contributed by atoms with E-state index in [9.17, 15) is 0 Å². The van der Waals surface area contributed by atoms with Gasteiger partial charge in [0.2, 0.25) is 0 Å². The fraction of sp³-hybridized carbons (Fsp3) is 0.778. The molecule has 0 aromatic carbocycles. The Kier molecular flexibility index (Phi) is 3.30. The van der Waals surface area contributed by atoms with Gasteiger partial charge in [0.05, 0.1) is 4.21 Å². The van der Waals surface area contributed by atoms with Crippen molar-refractivity contribution in [1.82, 2.24) is 5.32 Å². The lowest BCUT2D eigenvalue weighted by molar-refractivity contribution is 0.114. The van der Waals surface area contributed by atoms with Crippen LogP contribution in [0.1, 0.15) is 65.0 Å². The summed E-state index contributed by atoms with van der Waals surface area (Å²) in [5.74, 6) is 0.928. The molecule has 2 bridgehead atoms. The van der Waals surface area contributed by atoms with Crippen molar-refractivity contribution in [3.63, 3.8) is 0 Å². The lowest BCUT2D eigenvalue weighted by atomic mass is 9.69. The predicted octanol–water partition coefficient (Wildman–Crippen LogP) is 5.48. The number of fused-ring (bicyclic) bond motifs is 3. The minimum atomic E-state index is 0.488. The molecule has 21 heavy (non-hydrogen) atoms. The van der Waals surface area contributed by atoms with Gasteiger partial charge in [-0.3, -0.25) is 0 Å². The summed E-state index contributed by atoms with van der Waals surface area (Å²) in [6.07, 6.45) is 5.53. The third-order valence-electron chi connectivity index (χ3n) is 7.11. The highest BCUT2D eigenvalue weighted by Crippen LogP contribution is 2.65. The highest BCUT2D eigenvalue weighted by Gasteiger charge is 2.61. The molecule has 1 aromatic heterocycles. The molecule has 2 heterocycles. The number of hydrogen-bond acceptors (Lipinski definition) is 3. The maximum absolute atomic E-state index is 4.11. The van der Waals surface area contributed by atoms with Crippen molar-refractivity contribution in [3.8, 4) is 0 Å². The lowest BCUT2D eigenvalue weighted by Gasteiger charge is -2.42. The van der Waals surface area contributed by atoms with Gasteiger partial charge in [0.25, 0.3) is 0 Å². The Morgan fingerprint density at radius 2 is 2.05 bits per heavy atom. The highest BCUT2D eigenvalue weighted by atomic mass is 32.2. The molecular formula is C18H27NS2. The molecule has 0 spiro atoms. The van der Waals surface area contributed by atoms with Crippen LogP contribution in [0.4, 0.5) is 0 Å². The molecule has 116 valence electrons. The molecule has 2 fully saturated rings. The van der Waals surface area contributed by atoms with Gasteiger partial charge in [0.1, 0.15) is 0 Å². The van der Waals surface area contributed by atoms with E-state index in [1.807, 2.05) is 11.3 Å². The van der Waals surface area contributed by atoms with E-state index in [2.05, 4.69) is 56.2 Å². The number of nitrogens with one attached hydrogen (secondary N) is 1. The van der Waals surface area contributed by atoms with Gasteiger partial charge in [-0.25, -0.2) is 0 Å². The average molecular weight is 322 g/mol. The second-order valence-corrected chi connectivity index (χ2v) is 10.8. The summed E-state index contributed by atoms with van der Waals surface area (Å²) in [5, 5.41) is 7.13. The first-order valence-electron chi connectivity index (χ1n) is 8.42. The van der Waals surface area contributed by atoms with Crippen LogP contribution < -0.4 is 5.32 Å². The second-order valence-electron chi connectivity index (χ2n) is 8.21. The third kappa shape index (κ3) is 2.00. The zero-order valence-electron chi connectivity index (χ0n) is 13.6. The Morgan fingerprint density at radius 3 is 2.71 bits per heavy atom. The Morgan fingerprint density at radius 1 is 1.24 bits per heavy atom.